The number of unbranched alkanes of at least 4 members (excludes halogenated alkanes) is 1. The average molecular weight is 1270 g/mol. The monoisotopic (exact) mass is 1270 g/mol. The quantitative estimate of drug-likeness (QED) is 0.0303. The minimum absolute atomic E-state index is 0.0134. The number of hydrogen-bond donors (Lipinski definition) is 5. The van der Waals surface area contributed by atoms with Gasteiger partial charge in [0.25, 0.3) is 47.8 Å². The fourth-order valence-electron chi connectivity index (χ4n) is 9.02. The van der Waals surface area contributed by atoms with E-state index >= 15 is 0 Å². The third kappa shape index (κ3) is 19.5. The molecule has 0 fully saturated rings. The molecule has 0 spiro atoms. The van der Waals surface area contributed by atoms with Crippen molar-refractivity contribution in [3.8, 4) is 0 Å². The van der Waals surface area contributed by atoms with Crippen LogP contribution >= 0.6 is 0 Å². The molecule has 468 valence electrons. The number of carbonyl (C=O) groups is 3. The summed E-state index contributed by atoms with van der Waals surface area (Å²) in [6.45, 7) is 3.84. The van der Waals surface area contributed by atoms with Gasteiger partial charge in [-0.3, -0.25) is 27.3 Å². The minimum Gasteiger partial charge on any atom is -0.396 e. The summed E-state index contributed by atoms with van der Waals surface area (Å²) in [5.74, 6) is -0.816. The summed E-state index contributed by atoms with van der Waals surface area (Å²) in [5.41, 5.74) is 4.94. The van der Waals surface area contributed by atoms with E-state index < -0.39 is 30.1 Å². The summed E-state index contributed by atoms with van der Waals surface area (Å²) in [6, 6.07) is 72.7. The van der Waals surface area contributed by atoms with Gasteiger partial charge in [-0.25, -0.2) is 25.3 Å². The molecule has 0 aliphatic rings. The molecule has 9 aromatic carbocycles. The first-order chi connectivity index (χ1) is 43.6. The van der Waals surface area contributed by atoms with Crippen molar-refractivity contribution in [2.24, 2.45) is 0 Å². The van der Waals surface area contributed by atoms with Crippen LogP contribution in [0.5, 0.6) is 0 Å². The Hall–Kier alpha value is -9.44. The number of aliphatic hydroxyl groups is 2. The van der Waals surface area contributed by atoms with Crippen LogP contribution in [0.2, 0.25) is 0 Å². The van der Waals surface area contributed by atoms with Gasteiger partial charge in [0, 0.05) is 49.5 Å². The third-order valence-corrected chi connectivity index (χ3v) is 19.1. The van der Waals surface area contributed by atoms with Crippen LogP contribution in [0.25, 0.3) is 0 Å². The molecule has 0 aromatic heterocycles. The summed E-state index contributed by atoms with van der Waals surface area (Å²) in [6.07, 6.45) is 2.56. The highest BCUT2D eigenvalue weighted by molar-refractivity contribution is 7.93. The molecule has 0 bridgehead atoms. The van der Waals surface area contributed by atoms with E-state index in [0.717, 1.165) is 23.1 Å². The van der Waals surface area contributed by atoms with Crippen LogP contribution in [0.4, 0.5) is 17.1 Å². The highest BCUT2D eigenvalue weighted by Crippen LogP contribution is 2.30. The Balaban J connectivity index is 0.000000192. The van der Waals surface area contributed by atoms with Gasteiger partial charge >= 0.3 is 0 Å². The van der Waals surface area contributed by atoms with Gasteiger partial charge in [-0.15, -0.1) is 0 Å². The number of benzene rings is 9. The topological polar surface area (TPSA) is 240 Å². The van der Waals surface area contributed by atoms with Crippen LogP contribution in [0.15, 0.2) is 269 Å². The van der Waals surface area contributed by atoms with Crippen molar-refractivity contribution >= 4 is 64.9 Å². The van der Waals surface area contributed by atoms with Gasteiger partial charge in [-0.1, -0.05) is 171 Å². The van der Waals surface area contributed by atoms with E-state index in [9.17, 15) is 39.6 Å². The molecule has 0 atom stereocenters. The molecule has 3 amide bonds. The number of nitrogens with one attached hydrogen (secondary N) is 3. The van der Waals surface area contributed by atoms with E-state index in [1.165, 1.54) is 12.9 Å². The lowest BCUT2D eigenvalue weighted by molar-refractivity contribution is 0.0943. The third-order valence-electron chi connectivity index (χ3n) is 13.7. The van der Waals surface area contributed by atoms with E-state index in [4.69, 9.17) is 10.2 Å². The standard InChI is InChI=1S/C24H26N2O4S.C23H24N2O4S.C23H24N2O3S/c27-17-8-7-16-25-24(28)21-12-9-13-22(18-21)26(19-20-10-3-1-4-11-20)31(29,30)23-14-5-2-6-15-23;26-16-8-15-24-23(27)20-11-7-12-21(17-20)25(18-19-9-3-1-4-10-19)30(28,29)22-13-5-2-6-14-22;1-2-16-24-23(26)20-12-9-13-21(17-20)25(18-19-10-5-3-6-11-19)29(27,28)22-14-7-4-8-15-22/h1-6,9-15,18,27H,7-8,16-17,19H2,(H,25,28);1-7,9-14,17,26H,8,15-16,18H2,(H,24,27);3-15,17H,2,16,18H2,1H3,(H,24,26). The molecule has 0 heterocycles. The van der Waals surface area contributed by atoms with Crippen LogP contribution in [-0.4, -0.2) is 86.0 Å². The van der Waals surface area contributed by atoms with Gasteiger partial charge in [0.2, 0.25) is 0 Å². The van der Waals surface area contributed by atoms with Crippen LogP contribution in [0.3, 0.4) is 0 Å². The SMILES string of the molecule is CCCNC(=O)c1cccc(N(Cc2ccccc2)S(=O)(=O)c2ccccc2)c1.O=C(NCCCCO)c1cccc(N(Cc2ccccc2)S(=O)(=O)c2ccccc2)c1.O=C(NCCCO)c1cccc(N(Cc2ccccc2)S(=O)(=O)c2ccccc2)c1. The zero-order chi connectivity index (χ0) is 64.2. The molecule has 17 nitrogen and oxygen atoms in total. The summed E-state index contributed by atoms with van der Waals surface area (Å²) in [4.78, 5) is 37.9. The highest BCUT2D eigenvalue weighted by atomic mass is 32.2. The van der Waals surface area contributed by atoms with Gasteiger partial charge in [0.15, 0.2) is 0 Å². The molecule has 9 aromatic rings. The van der Waals surface area contributed by atoms with Crippen molar-refractivity contribution in [3.05, 3.63) is 288 Å². The summed E-state index contributed by atoms with van der Waals surface area (Å²) < 4.78 is 84.6. The highest BCUT2D eigenvalue weighted by Gasteiger charge is 2.29. The number of rotatable bonds is 27. The lowest BCUT2D eigenvalue weighted by Crippen LogP contribution is -2.31. The van der Waals surface area contributed by atoms with Gasteiger partial charge in [-0.05, 0) is 133 Å². The largest absolute Gasteiger partial charge is 0.396 e. The lowest BCUT2D eigenvalue weighted by Gasteiger charge is -2.25. The molecular weight excluding hydrogens is 1200 g/mol. The first-order valence-electron chi connectivity index (χ1n) is 29.3. The number of nitrogens with zero attached hydrogens (tertiary/aromatic N) is 3. The molecule has 90 heavy (non-hydrogen) atoms. The van der Waals surface area contributed by atoms with Gasteiger partial charge < -0.3 is 26.2 Å². The van der Waals surface area contributed by atoms with Crippen molar-refractivity contribution in [2.75, 3.05) is 45.8 Å². The first-order valence-corrected chi connectivity index (χ1v) is 33.6. The zero-order valence-corrected chi connectivity index (χ0v) is 52.3. The maximum absolute atomic E-state index is 13.5. The Labute approximate surface area is 528 Å². The van der Waals surface area contributed by atoms with Gasteiger partial charge in [-0.2, -0.15) is 0 Å². The predicted octanol–water partition coefficient (Wildman–Crippen LogP) is 11.0. The number of aliphatic hydroxyl groups excluding tert-OH is 2. The Morgan fingerprint density at radius 2 is 0.600 bits per heavy atom. The Morgan fingerprint density at radius 3 is 0.878 bits per heavy atom. The number of carbonyl (C=O) groups excluding carboxylic acids is 3. The summed E-state index contributed by atoms with van der Waals surface area (Å²) in [5, 5.41) is 26.1. The fourth-order valence-corrected chi connectivity index (χ4v) is 13.4. The summed E-state index contributed by atoms with van der Waals surface area (Å²) in [7, 11) is -11.5. The molecule has 0 unspecified atom stereocenters. The van der Waals surface area contributed by atoms with Crippen LogP contribution in [-0.2, 0) is 49.7 Å². The maximum Gasteiger partial charge on any atom is 0.264 e. The number of hydrogen-bond acceptors (Lipinski definition) is 11. The molecule has 9 rings (SSSR count). The first kappa shape index (κ1) is 68.1. The van der Waals surface area contributed by atoms with Crippen LogP contribution in [0.1, 0.15) is 80.4 Å². The lowest BCUT2D eigenvalue weighted by atomic mass is 10.1. The second kappa shape index (κ2) is 34.3. The van der Waals surface area contributed by atoms with E-state index in [-0.39, 0.29) is 65.3 Å². The van der Waals surface area contributed by atoms with E-state index in [1.807, 2.05) is 97.9 Å². The molecule has 20 heteroatoms. The molecule has 0 aliphatic heterocycles. The van der Waals surface area contributed by atoms with Gasteiger partial charge in [0.05, 0.1) is 51.4 Å². The second-order valence-electron chi connectivity index (χ2n) is 20.4. The maximum atomic E-state index is 13.5. The van der Waals surface area contributed by atoms with Crippen molar-refractivity contribution in [3.63, 3.8) is 0 Å². The molecule has 0 saturated heterocycles. The van der Waals surface area contributed by atoms with Crippen molar-refractivity contribution in [2.45, 2.75) is 66.9 Å². The Kier molecular flexibility index (Phi) is 26.0. The fraction of sp³-hybridized carbons (Fsp3) is 0.186. The van der Waals surface area contributed by atoms with E-state index in [0.29, 0.717) is 72.6 Å². The normalized spacial score (nSPS) is 11.1. The summed E-state index contributed by atoms with van der Waals surface area (Å²) >= 11 is 0. The minimum atomic E-state index is -3.85. The Bertz CT molecular complexity index is 4050. The van der Waals surface area contributed by atoms with Crippen molar-refractivity contribution < 1.29 is 49.9 Å². The van der Waals surface area contributed by atoms with Crippen LogP contribution in [0, 0.1) is 0 Å². The van der Waals surface area contributed by atoms with Gasteiger partial charge in [0.1, 0.15) is 0 Å². The van der Waals surface area contributed by atoms with E-state index in [1.54, 1.807) is 164 Å². The zero-order valence-electron chi connectivity index (χ0n) is 49.9. The predicted molar refractivity (Wildman–Crippen MR) is 353 cm³/mol. The molecule has 0 radical (unpaired) electrons. The van der Waals surface area contributed by atoms with Crippen molar-refractivity contribution in [1.82, 2.24) is 16.0 Å². The molecular formula is C70H74N6O11S3. The Morgan fingerprint density at radius 1 is 0.333 bits per heavy atom. The molecule has 0 aliphatic carbocycles. The smallest absolute Gasteiger partial charge is 0.264 e. The number of anilines is 3. The number of sulfonamides is 3. The van der Waals surface area contributed by atoms with Crippen LogP contribution < -0.4 is 28.9 Å². The molecule has 0 saturated carbocycles. The average Bonchev–Trinajstić information content (AvgIpc) is 3.77. The number of amides is 3. The second-order valence-corrected chi connectivity index (χ2v) is 25.9. The molecule has 5 N–H and O–H groups in total. The van der Waals surface area contributed by atoms with Crippen molar-refractivity contribution in [1.29, 1.82) is 0 Å². The van der Waals surface area contributed by atoms with E-state index in [2.05, 4.69) is 16.0 Å².